The molecule has 0 spiro atoms. The van der Waals surface area contributed by atoms with E-state index < -0.39 is 15.6 Å². The zero-order valence-corrected chi connectivity index (χ0v) is 11.9. The monoisotopic (exact) mass is 295 g/mol. The molecule has 18 heavy (non-hydrogen) atoms. The summed E-state index contributed by atoms with van der Waals surface area (Å²) in [6.45, 7) is 3.13. The molecule has 0 saturated heterocycles. The highest BCUT2D eigenvalue weighted by molar-refractivity contribution is 7.60. The molecule has 0 bridgehead atoms. The maximum atomic E-state index is 11.9. The molecule has 7 nitrogen and oxygen atoms in total. The topological polar surface area (TPSA) is 88.8 Å². The number of hydrogen-bond acceptors (Lipinski definition) is 6. The number of phosphoric acid groups is 1. The number of aromatic nitrogens is 1. The average molecular weight is 295 g/mol. The van der Waals surface area contributed by atoms with Crippen molar-refractivity contribution < 1.29 is 31.7 Å². The molecule has 0 aliphatic rings. The van der Waals surface area contributed by atoms with Gasteiger partial charge in [0.25, 0.3) is 0 Å². The van der Waals surface area contributed by atoms with Gasteiger partial charge >= 0.3 is 15.6 Å². The summed E-state index contributed by atoms with van der Waals surface area (Å²) in [7, 11) is -8.68. The van der Waals surface area contributed by atoms with E-state index >= 15 is 0 Å². The van der Waals surface area contributed by atoms with Crippen LogP contribution in [0.2, 0.25) is 0 Å². The zero-order chi connectivity index (χ0) is 13.6. The Morgan fingerprint density at radius 1 is 1.06 bits per heavy atom. The molecule has 0 aliphatic heterocycles. The summed E-state index contributed by atoms with van der Waals surface area (Å²) in [5.41, 5.74) is 0. The van der Waals surface area contributed by atoms with Gasteiger partial charge in [-0.25, -0.2) is 9.13 Å². The molecule has 0 aromatic carbocycles. The molecule has 9 heteroatoms. The van der Waals surface area contributed by atoms with E-state index in [0.717, 1.165) is 4.34 Å². The number of nitrogens with zero attached hydrogens (tertiary/aromatic N) is 1. The third kappa shape index (κ3) is 4.28. The predicted octanol–water partition coefficient (Wildman–Crippen LogP) is 1.49. The Morgan fingerprint density at radius 3 is 2.00 bits per heavy atom. The molecule has 0 aliphatic carbocycles. The summed E-state index contributed by atoms with van der Waals surface area (Å²) >= 11 is 0. The lowest BCUT2D eigenvalue weighted by Crippen LogP contribution is -2.36. The van der Waals surface area contributed by atoms with Crippen LogP contribution in [-0.2, 0) is 22.5 Å². The second kappa shape index (κ2) is 6.57. The van der Waals surface area contributed by atoms with Gasteiger partial charge in [-0.15, -0.1) is 0 Å². The van der Waals surface area contributed by atoms with Crippen LogP contribution in [0.1, 0.15) is 13.8 Å². The molecular formula is C9H15NO6P2. The van der Waals surface area contributed by atoms with Crippen LogP contribution in [-0.4, -0.2) is 13.2 Å². The summed E-state index contributed by atoms with van der Waals surface area (Å²) in [6.07, 6.45) is 2.52. The third-order valence-electron chi connectivity index (χ3n) is 1.76. The molecule has 1 aromatic rings. The van der Waals surface area contributed by atoms with Crippen LogP contribution in [0.15, 0.2) is 30.6 Å². The van der Waals surface area contributed by atoms with Crippen molar-refractivity contribution in [3.05, 3.63) is 30.6 Å². The Labute approximate surface area is 106 Å². The van der Waals surface area contributed by atoms with Crippen molar-refractivity contribution in [2.45, 2.75) is 13.8 Å². The summed E-state index contributed by atoms with van der Waals surface area (Å²) in [5.74, 6) is 0. The first-order chi connectivity index (χ1) is 8.43. The van der Waals surface area contributed by atoms with Crippen LogP contribution in [0.3, 0.4) is 0 Å². The molecule has 1 atom stereocenters. The van der Waals surface area contributed by atoms with E-state index in [4.69, 9.17) is 9.05 Å². The highest BCUT2D eigenvalue weighted by Gasteiger charge is 2.36. The van der Waals surface area contributed by atoms with Crippen molar-refractivity contribution >= 4 is 15.6 Å². The van der Waals surface area contributed by atoms with Gasteiger partial charge in [0.05, 0.1) is 13.2 Å². The normalized spacial score (nSPS) is 15.3. The molecule has 0 saturated carbocycles. The number of hydrogen-bond donors (Lipinski definition) is 0. The van der Waals surface area contributed by atoms with Crippen molar-refractivity contribution in [3.8, 4) is 0 Å². The third-order valence-corrected chi connectivity index (χ3v) is 5.37. The van der Waals surface area contributed by atoms with Crippen LogP contribution in [0.4, 0.5) is 0 Å². The van der Waals surface area contributed by atoms with E-state index in [-0.39, 0.29) is 13.2 Å². The van der Waals surface area contributed by atoms with Gasteiger partial charge in [-0.2, -0.15) is 8.65 Å². The van der Waals surface area contributed by atoms with Gasteiger partial charge in [0.15, 0.2) is 12.4 Å². The van der Waals surface area contributed by atoms with Gasteiger partial charge in [-0.05, 0) is 13.8 Å². The molecule has 102 valence electrons. The molecule has 1 heterocycles. The fraction of sp³-hybridized carbons (Fsp3) is 0.444. The lowest BCUT2D eigenvalue weighted by molar-refractivity contribution is -0.570. The van der Waals surface area contributed by atoms with Crippen LogP contribution >= 0.6 is 15.6 Å². The van der Waals surface area contributed by atoms with Crippen molar-refractivity contribution in [1.29, 1.82) is 0 Å². The Hall–Kier alpha value is -0.550. The van der Waals surface area contributed by atoms with Gasteiger partial charge in [0, 0.05) is 12.1 Å². The van der Waals surface area contributed by atoms with E-state index in [1.807, 2.05) is 0 Å². The van der Waals surface area contributed by atoms with E-state index in [2.05, 4.69) is 4.31 Å². The zero-order valence-electron chi connectivity index (χ0n) is 10.1. The van der Waals surface area contributed by atoms with Crippen molar-refractivity contribution in [2.75, 3.05) is 13.2 Å². The first-order valence-corrected chi connectivity index (χ1v) is 8.28. The van der Waals surface area contributed by atoms with Gasteiger partial charge in [-0.1, -0.05) is 6.07 Å². The quantitative estimate of drug-likeness (QED) is 0.708. The Balaban J connectivity index is 2.93. The highest BCUT2D eigenvalue weighted by atomic mass is 31.3. The van der Waals surface area contributed by atoms with Crippen LogP contribution < -0.4 is 9.23 Å². The molecule has 0 amide bonds. The standard InChI is InChI=1S/C9H15NO6P2/c1-3-14-18(13,15-4-2)16-17(11,12)10-8-6-5-7-9-10/h5-9H,3-4H2,1-2H3. The Bertz CT molecular complexity index is 455. The summed E-state index contributed by atoms with van der Waals surface area (Å²) in [4.78, 5) is 11.8. The largest absolute Gasteiger partial charge is 0.721 e. The van der Waals surface area contributed by atoms with E-state index in [1.165, 1.54) is 24.5 Å². The smallest absolute Gasteiger partial charge is 0.483 e. The minimum Gasteiger partial charge on any atom is -0.721 e. The van der Waals surface area contributed by atoms with Gasteiger partial charge in [0.1, 0.15) is 0 Å². The lowest BCUT2D eigenvalue weighted by atomic mass is 10.5. The van der Waals surface area contributed by atoms with E-state index in [9.17, 15) is 14.0 Å². The number of pyridine rings is 1. The fourth-order valence-electron chi connectivity index (χ4n) is 1.12. The number of phosphoric ester groups is 1. The molecule has 1 unspecified atom stereocenters. The van der Waals surface area contributed by atoms with Gasteiger partial charge in [-0.3, -0.25) is 9.05 Å². The second-order valence-corrected chi connectivity index (χ2v) is 6.55. The molecule has 1 aromatic heterocycles. The van der Waals surface area contributed by atoms with Crippen LogP contribution in [0.25, 0.3) is 0 Å². The summed E-state index contributed by atoms with van der Waals surface area (Å²) in [6, 6.07) is 4.64. The van der Waals surface area contributed by atoms with E-state index in [1.54, 1.807) is 19.9 Å². The average Bonchev–Trinajstić information content (AvgIpc) is 2.29. The Morgan fingerprint density at radius 2 is 1.56 bits per heavy atom. The first-order valence-electron chi connectivity index (χ1n) is 5.32. The molecule has 1 rings (SSSR count). The van der Waals surface area contributed by atoms with Crippen molar-refractivity contribution in [2.24, 2.45) is 0 Å². The molecule has 0 radical (unpaired) electrons. The van der Waals surface area contributed by atoms with Gasteiger partial charge < -0.3 is 4.89 Å². The van der Waals surface area contributed by atoms with Crippen molar-refractivity contribution in [1.82, 2.24) is 0 Å². The highest BCUT2D eigenvalue weighted by Crippen LogP contribution is 2.58. The minimum absolute atomic E-state index is 0.0106. The predicted molar refractivity (Wildman–Crippen MR) is 61.6 cm³/mol. The molecule has 0 fully saturated rings. The fourth-order valence-corrected chi connectivity index (χ4v) is 4.04. The summed E-state index contributed by atoms with van der Waals surface area (Å²) in [5, 5.41) is 0. The minimum atomic E-state index is -4.57. The first kappa shape index (κ1) is 15.5. The number of rotatable bonds is 7. The SMILES string of the molecule is CCOP(=O)(OCC)OP(=O)([O-])[n+]1ccccc1. The Kier molecular flexibility index (Phi) is 5.66. The van der Waals surface area contributed by atoms with Crippen molar-refractivity contribution in [3.63, 3.8) is 0 Å². The second-order valence-electron chi connectivity index (χ2n) is 3.09. The maximum Gasteiger partial charge on any atom is 0.483 e. The van der Waals surface area contributed by atoms with Crippen LogP contribution in [0, 0.1) is 0 Å². The molecule has 0 N–H and O–H groups in total. The summed E-state index contributed by atoms with van der Waals surface area (Å²) < 4.78 is 38.7. The lowest BCUT2D eigenvalue weighted by Gasteiger charge is -2.21. The maximum absolute atomic E-state index is 11.9. The molecular weight excluding hydrogens is 280 g/mol. The van der Waals surface area contributed by atoms with Crippen LogP contribution in [0.5, 0.6) is 0 Å². The van der Waals surface area contributed by atoms with E-state index in [0.29, 0.717) is 0 Å². The van der Waals surface area contributed by atoms with Gasteiger partial charge in [0.2, 0.25) is 0 Å².